The van der Waals surface area contributed by atoms with Gasteiger partial charge in [-0.3, -0.25) is 0 Å². The lowest BCUT2D eigenvalue weighted by atomic mass is 10.2. The number of nitrogens with zero attached hydrogens (tertiary/aromatic N) is 3. The summed E-state index contributed by atoms with van der Waals surface area (Å²) < 4.78 is 0. The molecular weight excluding hydrogens is 130 g/mol. The maximum Gasteiger partial charge on any atom is 0.137 e. The second kappa shape index (κ2) is 3.22. The lowest BCUT2D eigenvalue weighted by Crippen LogP contribution is -1.99. The fourth-order valence-electron chi connectivity index (χ4n) is 0.631. The summed E-state index contributed by atoms with van der Waals surface area (Å²) in [4.78, 5) is 0. The van der Waals surface area contributed by atoms with Crippen molar-refractivity contribution in [1.82, 2.24) is 15.4 Å². The molecule has 0 aliphatic carbocycles. The first-order valence-electron chi connectivity index (χ1n) is 3.14. The summed E-state index contributed by atoms with van der Waals surface area (Å²) in [6.45, 7) is 1.82. The van der Waals surface area contributed by atoms with Gasteiger partial charge in [-0.25, -0.2) is 5.11 Å². The first kappa shape index (κ1) is 7.08. The SMILES string of the molecule is CCC([O])c1ccnnn1. The summed E-state index contributed by atoms with van der Waals surface area (Å²) in [7, 11) is 0. The minimum atomic E-state index is -0.754. The van der Waals surface area contributed by atoms with Gasteiger partial charge in [0.2, 0.25) is 0 Å². The molecule has 0 amide bonds. The zero-order valence-electron chi connectivity index (χ0n) is 5.69. The van der Waals surface area contributed by atoms with Crippen molar-refractivity contribution in [1.29, 1.82) is 0 Å². The van der Waals surface area contributed by atoms with Crippen molar-refractivity contribution in [3.63, 3.8) is 0 Å². The Kier molecular flexibility index (Phi) is 2.28. The van der Waals surface area contributed by atoms with Gasteiger partial charge < -0.3 is 0 Å². The Morgan fingerprint density at radius 1 is 1.70 bits per heavy atom. The minimum absolute atomic E-state index is 0.470. The predicted molar refractivity (Wildman–Crippen MR) is 33.5 cm³/mol. The van der Waals surface area contributed by atoms with Crippen LogP contribution in [0, 0.1) is 0 Å². The Labute approximate surface area is 58.9 Å². The molecule has 1 heterocycles. The van der Waals surface area contributed by atoms with E-state index in [0.717, 1.165) is 0 Å². The van der Waals surface area contributed by atoms with Gasteiger partial charge in [-0.1, -0.05) is 6.92 Å². The van der Waals surface area contributed by atoms with Crippen LogP contribution in [0.5, 0.6) is 0 Å². The molecule has 10 heavy (non-hydrogen) atoms. The van der Waals surface area contributed by atoms with Crippen molar-refractivity contribution in [2.75, 3.05) is 0 Å². The van der Waals surface area contributed by atoms with Gasteiger partial charge in [0.25, 0.3) is 0 Å². The van der Waals surface area contributed by atoms with E-state index in [2.05, 4.69) is 15.4 Å². The lowest BCUT2D eigenvalue weighted by Gasteiger charge is -1.99. The van der Waals surface area contributed by atoms with Gasteiger partial charge in [-0.05, 0) is 17.7 Å². The van der Waals surface area contributed by atoms with Crippen LogP contribution >= 0.6 is 0 Å². The molecule has 1 atom stereocenters. The van der Waals surface area contributed by atoms with Crippen molar-refractivity contribution < 1.29 is 5.11 Å². The molecule has 0 aliphatic heterocycles. The van der Waals surface area contributed by atoms with E-state index in [1.54, 1.807) is 6.07 Å². The van der Waals surface area contributed by atoms with Gasteiger partial charge in [0.1, 0.15) is 6.10 Å². The molecule has 0 saturated heterocycles. The summed E-state index contributed by atoms with van der Waals surface area (Å²) in [5.41, 5.74) is 0.470. The molecule has 1 radical (unpaired) electrons. The van der Waals surface area contributed by atoms with Crippen molar-refractivity contribution in [2.45, 2.75) is 19.4 Å². The van der Waals surface area contributed by atoms with E-state index in [0.29, 0.717) is 12.1 Å². The topological polar surface area (TPSA) is 58.6 Å². The lowest BCUT2D eigenvalue weighted by molar-refractivity contribution is 0.0808. The molecule has 4 nitrogen and oxygen atoms in total. The van der Waals surface area contributed by atoms with Crippen LogP contribution in [-0.4, -0.2) is 15.4 Å². The molecule has 4 heteroatoms. The largest absolute Gasteiger partial charge is 0.226 e. The maximum atomic E-state index is 11.0. The fourth-order valence-corrected chi connectivity index (χ4v) is 0.631. The van der Waals surface area contributed by atoms with Gasteiger partial charge in [0.15, 0.2) is 0 Å². The summed E-state index contributed by atoms with van der Waals surface area (Å²) >= 11 is 0. The third-order valence-corrected chi connectivity index (χ3v) is 1.22. The monoisotopic (exact) mass is 138 g/mol. The third-order valence-electron chi connectivity index (χ3n) is 1.22. The van der Waals surface area contributed by atoms with Crippen molar-refractivity contribution >= 4 is 0 Å². The summed E-state index contributed by atoms with van der Waals surface area (Å²) in [6, 6.07) is 1.59. The van der Waals surface area contributed by atoms with Crippen molar-refractivity contribution in [3.05, 3.63) is 18.0 Å². The van der Waals surface area contributed by atoms with Crippen LogP contribution in [0.25, 0.3) is 0 Å². The summed E-state index contributed by atoms with van der Waals surface area (Å²) in [6.07, 6.45) is 1.26. The van der Waals surface area contributed by atoms with Crippen LogP contribution in [0.4, 0.5) is 0 Å². The molecule has 0 N–H and O–H groups in total. The molecular formula is C6H8N3O. The zero-order valence-corrected chi connectivity index (χ0v) is 5.69. The average molecular weight is 138 g/mol. The molecule has 1 aromatic rings. The first-order chi connectivity index (χ1) is 4.84. The molecule has 0 spiro atoms. The molecule has 53 valence electrons. The second-order valence-corrected chi connectivity index (χ2v) is 1.94. The highest BCUT2D eigenvalue weighted by molar-refractivity contribution is 4.98. The number of aromatic nitrogens is 3. The third kappa shape index (κ3) is 1.48. The molecule has 1 rings (SSSR count). The van der Waals surface area contributed by atoms with Crippen molar-refractivity contribution in [3.8, 4) is 0 Å². The van der Waals surface area contributed by atoms with Crippen molar-refractivity contribution in [2.24, 2.45) is 0 Å². The van der Waals surface area contributed by atoms with Gasteiger partial charge in [0, 0.05) is 0 Å². The van der Waals surface area contributed by atoms with Crippen LogP contribution in [-0.2, 0) is 5.11 Å². The van der Waals surface area contributed by atoms with Gasteiger partial charge in [-0.2, -0.15) is 0 Å². The summed E-state index contributed by atoms with van der Waals surface area (Å²) in [5.74, 6) is 0. The van der Waals surface area contributed by atoms with Crippen LogP contribution in [0.2, 0.25) is 0 Å². The van der Waals surface area contributed by atoms with E-state index in [1.165, 1.54) is 6.20 Å². The Hall–Kier alpha value is -1.03. The smallest absolute Gasteiger partial charge is 0.137 e. The van der Waals surface area contributed by atoms with E-state index in [9.17, 15) is 5.11 Å². The van der Waals surface area contributed by atoms with Gasteiger partial charge in [-0.15, -0.1) is 10.2 Å². The molecule has 0 fully saturated rings. The Bertz CT molecular complexity index is 189. The highest BCUT2D eigenvalue weighted by Gasteiger charge is 2.06. The van der Waals surface area contributed by atoms with E-state index in [-0.39, 0.29) is 0 Å². The molecule has 0 aliphatic rings. The molecule has 0 bridgehead atoms. The summed E-state index contributed by atoms with van der Waals surface area (Å²) in [5, 5.41) is 21.4. The van der Waals surface area contributed by atoms with E-state index >= 15 is 0 Å². The number of rotatable bonds is 2. The second-order valence-electron chi connectivity index (χ2n) is 1.94. The van der Waals surface area contributed by atoms with E-state index in [4.69, 9.17) is 0 Å². The quantitative estimate of drug-likeness (QED) is 0.606. The average Bonchev–Trinajstić information content (AvgIpc) is 2.05. The van der Waals surface area contributed by atoms with E-state index in [1.807, 2.05) is 6.92 Å². The van der Waals surface area contributed by atoms with Gasteiger partial charge >= 0.3 is 0 Å². The Morgan fingerprint density at radius 3 is 3.00 bits per heavy atom. The predicted octanol–water partition coefficient (Wildman–Crippen LogP) is 0.753. The molecule has 0 saturated carbocycles. The highest BCUT2D eigenvalue weighted by Crippen LogP contribution is 2.11. The fraction of sp³-hybridized carbons (Fsp3) is 0.500. The normalized spacial score (nSPS) is 13.0. The highest BCUT2D eigenvalue weighted by atomic mass is 16.3. The van der Waals surface area contributed by atoms with Crippen LogP contribution in [0.1, 0.15) is 25.1 Å². The van der Waals surface area contributed by atoms with Crippen LogP contribution in [0.3, 0.4) is 0 Å². The number of hydrogen-bond donors (Lipinski definition) is 0. The number of hydrogen-bond acceptors (Lipinski definition) is 3. The van der Waals surface area contributed by atoms with Gasteiger partial charge in [0.05, 0.1) is 11.9 Å². The van der Waals surface area contributed by atoms with E-state index < -0.39 is 6.10 Å². The van der Waals surface area contributed by atoms with Crippen LogP contribution < -0.4 is 0 Å². The van der Waals surface area contributed by atoms with Crippen LogP contribution in [0.15, 0.2) is 12.3 Å². The minimum Gasteiger partial charge on any atom is -0.226 e. The molecule has 0 aromatic carbocycles. The molecule has 1 aromatic heterocycles. The standard InChI is InChI=1S/C6H8N3O/c1-2-6(10)5-3-4-7-9-8-5/h3-4,6H,2H2,1H3. The Balaban J connectivity index is 2.75. The Morgan fingerprint density at radius 2 is 2.50 bits per heavy atom. The maximum absolute atomic E-state index is 11.0. The molecule has 1 unspecified atom stereocenters. The first-order valence-corrected chi connectivity index (χ1v) is 3.14. The zero-order chi connectivity index (χ0) is 7.40.